The molecule has 0 bridgehead atoms. The molecule has 0 saturated carbocycles. The van der Waals surface area contributed by atoms with E-state index in [9.17, 15) is 0 Å². The van der Waals surface area contributed by atoms with Crippen LogP contribution in [0.15, 0.2) is 0 Å². The highest BCUT2D eigenvalue weighted by molar-refractivity contribution is 5.65. The first-order chi connectivity index (χ1) is 7.97. The van der Waals surface area contributed by atoms with Crippen LogP contribution < -0.4 is 11.1 Å². The van der Waals surface area contributed by atoms with Gasteiger partial charge in [0.2, 0.25) is 0 Å². The molecule has 4 heteroatoms. The molecule has 0 aliphatic rings. The minimum Gasteiger partial charge on any atom is -0.394 e. The van der Waals surface area contributed by atoms with Gasteiger partial charge in [-0.15, -0.1) is 0 Å². The van der Waals surface area contributed by atoms with E-state index in [4.69, 9.17) is 5.73 Å². The van der Waals surface area contributed by atoms with Gasteiger partial charge in [-0.25, -0.2) is 0 Å². The van der Waals surface area contributed by atoms with Crippen LogP contribution in [0.4, 0.5) is 11.5 Å². The van der Waals surface area contributed by atoms with Crippen LogP contribution in [0, 0.1) is 0 Å². The number of aryl methyl sites for hydroxylation is 2. The predicted octanol–water partition coefficient (Wildman–Crippen LogP) is 2.95. The zero-order valence-electron chi connectivity index (χ0n) is 11.8. The average Bonchev–Trinajstić information content (AvgIpc) is 2.57. The molecule has 4 nitrogen and oxygen atoms in total. The number of anilines is 2. The summed E-state index contributed by atoms with van der Waals surface area (Å²) in [7, 11) is 1.95. The molecule has 98 valence electrons. The van der Waals surface area contributed by atoms with Gasteiger partial charge in [-0.05, 0) is 26.2 Å². The highest BCUT2D eigenvalue weighted by atomic mass is 15.3. The fourth-order valence-electron chi connectivity index (χ4n) is 1.88. The third kappa shape index (κ3) is 2.93. The van der Waals surface area contributed by atoms with Crippen molar-refractivity contribution in [3.8, 4) is 0 Å². The summed E-state index contributed by atoms with van der Waals surface area (Å²) >= 11 is 0. The van der Waals surface area contributed by atoms with E-state index in [1.807, 2.05) is 11.7 Å². The molecule has 1 aromatic rings. The van der Waals surface area contributed by atoms with Gasteiger partial charge in [-0.3, -0.25) is 4.68 Å². The summed E-state index contributed by atoms with van der Waals surface area (Å²) in [4.78, 5) is 0. The minimum absolute atomic E-state index is 0.0887. The monoisotopic (exact) mass is 238 g/mol. The van der Waals surface area contributed by atoms with Crippen molar-refractivity contribution in [3.05, 3.63) is 5.69 Å². The van der Waals surface area contributed by atoms with Crippen LogP contribution in [0.2, 0.25) is 0 Å². The van der Waals surface area contributed by atoms with Crippen LogP contribution in [0.5, 0.6) is 0 Å². The van der Waals surface area contributed by atoms with Gasteiger partial charge in [0.1, 0.15) is 5.82 Å². The molecule has 0 aliphatic heterocycles. The van der Waals surface area contributed by atoms with Crippen molar-refractivity contribution in [3.63, 3.8) is 0 Å². The van der Waals surface area contributed by atoms with Gasteiger partial charge in [0.25, 0.3) is 0 Å². The van der Waals surface area contributed by atoms with Gasteiger partial charge in [-0.2, -0.15) is 5.10 Å². The van der Waals surface area contributed by atoms with Crippen LogP contribution in [0.3, 0.4) is 0 Å². The Morgan fingerprint density at radius 1 is 1.29 bits per heavy atom. The quantitative estimate of drug-likeness (QED) is 0.801. The number of nitrogens with one attached hydrogen (secondary N) is 1. The molecule has 0 atom stereocenters. The van der Waals surface area contributed by atoms with Crippen LogP contribution in [0.1, 0.15) is 52.7 Å². The van der Waals surface area contributed by atoms with E-state index in [-0.39, 0.29) is 5.54 Å². The molecule has 0 unspecified atom stereocenters. The Balaban J connectivity index is 2.98. The second kappa shape index (κ2) is 5.43. The first-order valence-corrected chi connectivity index (χ1v) is 6.57. The summed E-state index contributed by atoms with van der Waals surface area (Å²) in [6.45, 7) is 8.74. The van der Waals surface area contributed by atoms with E-state index in [2.05, 4.69) is 38.1 Å². The van der Waals surface area contributed by atoms with Crippen molar-refractivity contribution in [1.82, 2.24) is 9.78 Å². The lowest BCUT2D eigenvalue weighted by Crippen LogP contribution is -2.34. The Bertz CT molecular complexity index is 364. The molecule has 1 aromatic heterocycles. The number of rotatable bonds is 6. The number of nitrogen functional groups attached to an aromatic ring is 1. The Labute approximate surface area is 105 Å². The van der Waals surface area contributed by atoms with Crippen molar-refractivity contribution >= 4 is 11.5 Å². The molecule has 0 amide bonds. The molecule has 0 aliphatic carbocycles. The molecule has 0 aromatic carbocycles. The third-order valence-electron chi connectivity index (χ3n) is 3.63. The fourth-order valence-corrected chi connectivity index (χ4v) is 1.88. The molecule has 0 spiro atoms. The zero-order valence-corrected chi connectivity index (χ0v) is 11.8. The fraction of sp³-hybridized carbons (Fsp3) is 0.769. The van der Waals surface area contributed by atoms with Gasteiger partial charge in [0.05, 0.1) is 11.4 Å². The molecule has 3 N–H and O–H groups in total. The largest absolute Gasteiger partial charge is 0.394 e. The third-order valence-corrected chi connectivity index (χ3v) is 3.63. The summed E-state index contributed by atoms with van der Waals surface area (Å²) < 4.78 is 1.86. The van der Waals surface area contributed by atoms with E-state index in [0.717, 1.165) is 42.9 Å². The minimum atomic E-state index is 0.0887. The Hall–Kier alpha value is -1.19. The lowest BCUT2D eigenvalue weighted by atomic mass is 9.95. The van der Waals surface area contributed by atoms with Gasteiger partial charge >= 0.3 is 0 Å². The van der Waals surface area contributed by atoms with E-state index in [0.29, 0.717) is 0 Å². The number of nitrogens with two attached hydrogens (primary N) is 1. The first kappa shape index (κ1) is 13.9. The maximum absolute atomic E-state index is 6.16. The second-order valence-corrected chi connectivity index (χ2v) is 4.98. The average molecular weight is 238 g/mol. The first-order valence-electron chi connectivity index (χ1n) is 6.57. The number of nitrogens with zero attached hydrogens (tertiary/aromatic N) is 2. The molecular weight excluding hydrogens is 212 g/mol. The van der Waals surface area contributed by atoms with Crippen molar-refractivity contribution < 1.29 is 0 Å². The van der Waals surface area contributed by atoms with E-state index in [1.54, 1.807) is 0 Å². The SMILES string of the molecule is CCCc1nn(C)c(NC(C)(CC)CC)c1N. The molecular formula is C13H26N4. The maximum Gasteiger partial charge on any atom is 0.148 e. The second-order valence-electron chi connectivity index (χ2n) is 4.98. The lowest BCUT2D eigenvalue weighted by Gasteiger charge is -2.29. The summed E-state index contributed by atoms with van der Waals surface area (Å²) in [5.41, 5.74) is 8.06. The number of hydrogen-bond donors (Lipinski definition) is 2. The summed E-state index contributed by atoms with van der Waals surface area (Å²) in [6.07, 6.45) is 4.14. The zero-order chi connectivity index (χ0) is 13.1. The Morgan fingerprint density at radius 3 is 2.35 bits per heavy atom. The molecule has 0 radical (unpaired) electrons. The normalized spacial score (nSPS) is 11.8. The lowest BCUT2D eigenvalue weighted by molar-refractivity contribution is 0.473. The molecule has 1 heterocycles. The van der Waals surface area contributed by atoms with Gasteiger partial charge in [0, 0.05) is 12.6 Å². The van der Waals surface area contributed by atoms with Gasteiger partial charge < -0.3 is 11.1 Å². The Kier molecular flexibility index (Phi) is 4.43. The predicted molar refractivity (Wildman–Crippen MR) is 74.2 cm³/mol. The highest BCUT2D eigenvalue weighted by Gasteiger charge is 2.23. The van der Waals surface area contributed by atoms with Crippen molar-refractivity contribution in [1.29, 1.82) is 0 Å². The van der Waals surface area contributed by atoms with Crippen LogP contribution in [-0.4, -0.2) is 15.3 Å². The highest BCUT2D eigenvalue weighted by Crippen LogP contribution is 2.28. The number of aromatic nitrogens is 2. The molecule has 0 saturated heterocycles. The topological polar surface area (TPSA) is 55.9 Å². The molecule has 17 heavy (non-hydrogen) atoms. The molecule has 0 fully saturated rings. The smallest absolute Gasteiger partial charge is 0.148 e. The maximum atomic E-state index is 6.16. The number of hydrogen-bond acceptors (Lipinski definition) is 3. The van der Waals surface area contributed by atoms with E-state index < -0.39 is 0 Å². The van der Waals surface area contributed by atoms with Gasteiger partial charge in [0.15, 0.2) is 0 Å². The Morgan fingerprint density at radius 2 is 1.88 bits per heavy atom. The van der Waals surface area contributed by atoms with E-state index >= 15 is 0 Å². The summed E-state index contributed by atoms with van der Waals surface area (Å²) in [5.74, 6) is 0.958. The van der Waals surface area contributed by atoms with Crippen LogP contribution in [0.25, 0.3) is 0 Å². The molecule has 1 rings (SSSR count). The van der Waals surface area contributed by atoms with Crippen LogP contribution >= 0.6 is 0 Å². The summed E-state index contributed by atoms with van der Waals surface area (Å²) in [6, 6.07) is 0. The summed E-state index contributed by atoms with van der Waals surface area (Å²) in [5, 5.41) is 8.03. The van der Waals surface area contributed by atoms with Gasteiger partial charge in [-0.1, -0.05) is 27.2 Å². The standard InChI is InChI=1S/C13H26N4/c1-6-9-10-11(14)12(17(5)16-10)15-13(4,7-2)8-3/h15H,6-9,14H2,1-5H3. The van der Waals surface area contributed by atoms with E-state index in [1.165, 1.54) is 0 Å². The van der Waals surface area contributed by atoms with Crippen molar-refractivity contribution in [2.75, 3.05) is 11.1 Å². The van der Waals surface area contributed by atoms with Crippen LogP contribution in [-0.2, 0) is 13.5 Å². The van der Waals surface area contributed by atoms with Crippen molar-refractivity contribution in [2.45, 2.75) is 58.9 Å². The van der Waals surface area contributed by atoms with Crippen molar-refractivity contribution in [2.24, 2.45) is 7.05 Å².